The molecule has 5 N–H and O–H groups in total. The van der Waals surface area contributed by atoms with Crippen LogP contribution in [-0.4, -0.2) is 63.3 Å². The molecule has 0 fully saturated rings. The predicted octanol–water partition coefficient (Wildman–Crippen LogP) is 0.143. The molecule has 2 radical (unpaired) electrons. The molecule has 0 saturated heterocycles. The van der Waals surface area contributed by atoms with Crippen LogP contribution in [0, 0.1) is 17.8 Å². The van der Waals surface area contributed by atoms with Crippen LogP contribution in [0.2, 0.25) is 0 Å². The fraction of sp³-hybridized carbons (Fsp3) is 0.824. The second kappa shape index (κ2) is 18.9. The van der Waals surface area contributed by atoms with Gasteiger partial charge in [0.25, 0.3) is 0 Å². The Balaban J connectivity index is -0.000000695. The van der Waals surface area contributed by atoms with Crippen LogP contribution in [0.25, 0.3) is 0 Å². The van der Waals surface area contributed by atoms with Gasteiger partial charge in [-0.2, -0.15) is 0 Å². The third-order valence-corrected chi connectivity index (χ3v) is 4.73. The SMILES string of the molecule is CC(C)C(CC(=O)C(N)CCS(C)=O)C(=O)NC(C(=O)O)C(C)C.CO.[V].[V]. The van der Waals surface area contributed by atoms with E-state index in [0.29, 0.717) is 12.2 Å². The molecule has 8 nitrogen and oxygen atoms in total. The maximum atomic E-state index is 12.4. The molecule has 0 heterocycles. The number of aliphatic hydroxyl groups is 1. The van der Waals surface area contributed by atoms with Crippen molar-refractivity contribution in [3.05, 3.63) is 0 Å². The maximum Gasteiger partial charge on any atom is 0.326 e. The van der Waals surface area contributed by atoms with Gasteiger partial charge in [-0.05, 0) is 18.3 Å². The van der Waals surface area contributed by atoms with E-state index in [1.807, 2.05) is 0 Å². The van der Waals surface area contributed by atoms with Gasteiger partial charge in [-0.3, -0.25) is 13.8 Å². The number of rotatable bonds is 11. The Labute approximate surface area is 194 Å². The van der Waals surface area contributed by atoms with E-state index in [1.54, 1.807) is 34.0 Å². The molecular formula is C17H34N2O6SV2. The molecule has 164 valence electrons. The number of aliphatic hydroxyl groups excluding tert-OH is 1. The summed E-state index contributed by atoms with van der Waals surface area (Å²) in [7, 11) is -0.0281. The molecule has 0 aliphatic carbocycles. The van der Waals surface area contributed by atoms with Gasteiger partial charge in [-0.25, -0.2) is 4.79 Å². The summed E-state index contributed by atoms with van der Waals surface area (Å²) >= 11 is 0. The molecule has 0 saturated carbocycles. The number of carboxylic acid groups (broad SMARTS) is 1. The first-order valence-electron chi connectivity index (χ1n) is 8.53. The number of Topliss-reactive ketones (excluding diaryl/α,β-unsaturated/α-hetero) is 1. The summed E-state index contributed by atoms with van der Waals surface area (Å²) in [6.45, 7) is 7.01. The topological polar surface area (TPSA) is 147 Å². The van der Waals surface area contributed by atoms with Crippen LogP contribution in [0.3, 0.4) is 0 Å². The summed E-state index contributed by atoms with van der Waals surface area (Å²) in [5.74, 6) is -2.54. The molecule has 0 rings (SSSR count). The minimum Gasteiger partial charge on any atom is -0.480 e. The molecule has 28 heavy (non-hydrogen) atoms. The Hall–Kier alpha value is -0.151. The number of carbonyl (C=O) groups excluding carboxylic acids is 2. The van der Waals surface area contributed by atoms with Gasteiger partial charge < -0.3 is 21.3 Å². The van der Waals surface area contributed by atoms with Gasteiger partial charge in [0.05, 0.1) is 6.04 Å². The van der Waals surface area contributed by atoms with Crippen LogP contribution in [0.15, 0.2) is 0 Å². The van der Waals surface area contributed by atoms with Crippen molar-refractivity contribution >= 4 is 28.5 Å². The number of hydrogen-bond donors (Lipinski definition) is 4. The normalized spacial score (nSPS) is 14.4. The third-order valence-electron chi connectivity index (χ3n) is 3.92. The predicted molar refractivity (Wildman–Crippen MR) is 102 cm³/mol. The summed E-state index contributed by atoms with van der Waals surface area (Å²) in [5, 5.41) is 18.7. The van der Waals surface area contributed by atoms with Crippen molar-refractivity contribution in [1.82, 2.24) is 5.32 Å². The summed E-state index contributed by atoms with van der Waals surface area (Å²) in [6.07, 6.45) is 1.79. The fourth-order valence-electron chi connectivity index (χ4n) is 2.23. The first-order chi connectivity index (χ1) is 12.0. The van der Waals surface area contributed by atoms with E-state index < -0.39 is 40.7 Å². The second-order valence-corrected chi connectivity index (χ2v) is 8.32. The third kappa shape index (κ3) is 14.8. The van der Waals surface area contributed by atoms with Crippen molar-refractivity contribution in [2.24, 2.45) is 23.5 Å². The molecule has 11 heteroatoms. The summed E-state index contributed by atoms with van der Waals surface area (Å²) in [4.78, 5) is 35.8. The first kappa shape index (κ1) is 35.3. The molecule has 0 aromatic carbocycles. The Morgan fingerprint density at radius 3 is 1.82 bits per heavy atom. The number of carbonyl (C=O) groups is 3. The van der Waals surface area contributed by atoms with Crippen molar-refractivity contribution < 1.29 is 65.9 Å². The molecular weight excluding hydrogens is 462 g/mol. The number of amides is 1. The van der Waals surface area contributed by atoms with E-state index in [1.165, 1.54) is 0 Å². The average molecular weight is 496 g/mol. The van der Waals surface area contributed by atoms with Crippen LogP contribution in [0.1, 0.15) is 40.5 Å². The van der Waals surface area contributed by atoms with Gasteiger partial charge >= 0.3 is 5.97 Å². The summed E-state index contributed by atoms with van der Waals surface area (Å²) in [5.41, 5.74) is 5.80. The smallest absolute Gasteiger partial charge is 0.326 e. The Morgan fingerprint density at radius 2 is 1.50 bits per heavy atom. The molecule has 4 unspecified atom stereocenters. The number of aliphatic carboxylic acids is 1. The van der Waals surface area contributed by atoms with Gasteiger partial charge in [-0.15, -0.1) is 0 Å². The summed E-state index contributed by atoms with van der Waals surface area (Å²) in [6, 6.07) is -1.76. The zero-order valence-corrected chi connectivity index (χ0v) is 21.0. The van der Waals surface area contributed by atoms with Crippen LogP contribution >= 0.6 is 0 Å². The number of nitrogens with two attached hydrogens (primary N) is 1. The Morgan fingerprint density at radius 1 is 1.04 bits per heavy atom. The average Bonchev–Trinajstić information content (AvgIpc) is 2.55. The minimum atomic E-state index is -1.10. The quantitative estimate of drug-likeness (QED) is 0.318. The standard InChI is InChI=1S/C16H30N2O5S.CH4O.2V/c1-9(2)11(8-13(19)12(17)6-7-24(5)23)15(20)18-14(10(3)4)16(21)22;1-2;;/h9-12,14H,6-8,17H2,1-5H3,(H,18,20)(H,21,22);2H,1H3;;. The first-order valence-corrected chi connectivity index (χ1v) is 10.3. The Bertz CT molecular complexity index is 492. The molecule has 0 aromatic rings. The van der Waals surface area contributed by atoms with E-state index in [-0.39, 0.29) is 61.2 Å². The zero-order chi connectivity index (χ0) is 21.0. The molecule has 0 aliphatic rings. The van der Waals surface area contributed by atoms with Crippen LogP contribution < -0.4 is 11.1 Å². The van der Waals surface area contributed by atoms with Crippen molar-refractivity contribution in [3.8, 4) is 0 Å². The number of nitrogens with one attached hydrogen (secondary N) is 1. The van der Waals surface area contributed by atoms with Crippen molar-refractivity contribution in [1.29, 1.82) is 0 Å². The molecule has 0 bridgehead atoms. The van der Waals surface area contributed by atoms with E-state index >= 15 is 0 Å². The van der Waals surface area contributed by atoms with Gasteiger partial charge in [0, 0.05) is 79.4 Å². The van der Waals surface area contributed by atoms with E-state index in [0.717, 1.165) is 7.11 Å². The molecule has 4 atom stereocenters. The molecule has 0 aromatic heterocycles. The summed E-state index contributed by atoms with van der Waals surface area (Å²) < 4.78 is 11.1. The molecule has 0 spiro atoms. The zero-order valence-electron chi connectivity index (χ0n) is 17.4. The second-order valence-electron chi connectivity index (χ2n) is 6.76. The molecule has 1 amide bonds. The van der Waals surface area contributed by atoms with Gasteiger partial charge in [0.15, 0.2) is 0 Å². The minimum absolute atomic E-state index is 0. The van der Waals surface area contributed by atoms with Gasteiger partial charge in [0.1, 0.15) is 11.8 Å². The van der Waals surface area contributed by atoms with Crippen molar-refractivity contribution in [2.45, 2.75) is 52.6 Å². The van der Waals surface area contributed by atoms with Crippen LogP contribution in [0.5, 0.6) is 0 Å². The van der Waals surface area contributed by atoms with E-state index in [2.05, 4.69) is 5.32 Å². The van der Waals surface area contributed by atoms with Gasteiger partial charge in [-0.1, -0.05) is 27.7 Å². The Kier molecular flexibility index (Phi) is 23.8. The monoisotopic (exact) mass is 496 g/mol. The van der Waals surface area contributed by atoms with Gasteiger partial charge in [0.2, 0.25) is 5.91 Å². The van der Waals surface area contributed by atoms with E-state index in [4.69, 9.17) is 10.8 Å². The van der Waals surface area contributed by atoms with Crippen LogP contribution in [-0.2, 0) is 62.3 Å². The van der Waals surface area contributed by atoms with Crippen molar-refractivity contribution in [2.75, 3.05) is 19.1 Å². The number of ketones is 1. The number of hydrogen-bond acceptors (Lipinski definition) is 6. The largest absolute Gasteiger partial charge is 0.480 e. The maximum absolute atomic E-state index is 12.4. The van der Waals surface area contributed by atoms with Crippen LogP contribution in [0.4, 0.5) is 0 Å². The van der Waals surface area contributed by atoms with Crippen molar-refractivity contribution in [3.63, 3.8) is 0 Å². The van der Waals surface area contributed by atoms with E-state index in [9.17, 15) is 23.7 Å². The fourth-order valence-corrected chi connectivity index (χ4v) is 2.81. The number of carboxylic acids is 1. The molecule has 0 aliphatic heterocycles.